The summed E-state index contributed by atoms with van der Waals surface area (Å²) in [6.07, 6.45) is 2.18. The molecule has 0 radical (unpaired) electrons. The third kappa shape index (κ3) is 5.85. The van der Waals surface area contributed by atoms with Crippen LogP contribution in [0.2, 0.25) is 0 Å². The Bertz CT molecular complexity index is 1840. The van der Waals surface area contributed by atoms with E-state index in [0.29, 0.717) is 0 Å². The van der Waals surface area contributed by atoms with Gasteiger partial charge < -0.3 is 9.47 Å². The predicted molar refractivity (Wildman–Crippen MR) is 174 cm³/mol. The van der Waals surface area contributed by atoms with Crippen molar-refractivity contribution < 1.29 is 20.8 Å². The fraction of sp³-hybridized carbons (Fsp3) is 0.0286. The summed E-state index contributed by atoms with van der Waals surface area (Å²) in [5.41, 5.74) is 7.37. The Labute approximate surface area is 263 Å². The molecule has 1 aromatic heterocycles. The molecule has 0 unspecified atom stereocenters. The predicted octanol–water partition coefficient (Wildman–Crippen LogP) is 11.5. The molecule has 8 rings (SSSR count). The molecule has 0 bridgehead atoms. The zero-order valence-electron chi connectivity index (χ0n) is 22.3. The van der Waals surface area contributed by atoms with Gasteiger partial charge in [0.1, 0.15) is 0 Å². The van der Waals surface area contributed by atoms with Crippen molar-refractivity contribution in [3.8, 4) is 5.69 Å². The smallest absolute Gasteiger partial charge is 0.172 e. The van der Waals surface area contributed by atoms with Crippen LogP contribution in [0.5, 0.6) is 0 Å². The zero-order valence-corrected chi connectivity index (χ0v) is 27.1. The van der Waals surface area contributed by atoms with Crippen molar-refractivity contribution in [2.75, 3.05) is 4.90 Å². The first-order chi connectivity index (χ1) is 20.2. The van der Waals surface area contributed by atoms with Gasteiger partial charge in [0.05, 0.1) is 16.9 Å². The molecule has 0 amide bonds. The van der Waals surface area contributed by atoms with Gasteiger partial charge in [0, 0.05) is 27.4 Å². The number of para-hydroxylation sites is 3. The number of fused-ring (bicyclic) bond motifs is 4. The molecule has 6 aromatic carbocycles. The van der Waals surface area contributed by atoms with Crippen LogP contribution in [-0.4, -0.2) is 4.57 Å². The second kappa shape index (κ2) is 12.9. The fourth-order valence-electron chi connectivity index (χ4n) is 5.35. The molecule has 6 heteroatoms. The number of benzene rings is 4. The van der Waals surface area contributed by atoms with Crippen LogP contribution in [0.3, 0.4) is 0 Å². The maximum Gasteiger partial charge on any atom is -0.172 e. The molecular weight excluding hydrogens is 643 g/mol. The van der Waals surface area contributed by atoms with Gasteiger partial charge in [-0.1, -0.05) is 61.2 Å². The first kappa shape index (κ1) is 28.1. The van der Waals surface area contributed by atoms with Crippen LogP contribution in [0.15, 0.2) is 149 Å². The molecule has 0 aliphatic carbocycles. The Hall–Kier alpha value is -3.01. The molecule has 200 valence electrons. The van der Waals surface area contributed by atoms with Crippen LogP contribution in [-0.2, 0) is 20.8 Å². The molecule has 41 heavy (non-hydrogen) atoms. The Morgan fingerprint density at radius 2 is 1.34 bits per heavy atom. The van der Waals surface area contributed by atoms with Gasteiger partial charge in [-0.15, -0.1) is 28.5 Å². The maximum absolute atomic E-state index is 4.93. The standard InChI is InChI=1S/C30H21N2S.C5H5.2ClH.Zr/c1-20-16-22-18-23(31-15-14-21-8-2-3-9-25(21)31)19-28(24(22)17-20)32-26-10-4-6-12-29(26)33-30-13-7-5-11-27(30)32;1-2-4-5-3-1;;;/h2-19H,1H3;1-5H;2*1H;/q2*-1;;;+4/p-2. The van der Waals surface area contributed by atoms with E-state index in [1.54, 1.807) is 0 Å². The van der Waals surface area contributed by atoms with Gasteiger partial charge in [-0.25, -0.2) is 12.1 Å². The number of hydrogen-bond donors (Lipinski definition) is 0. The van der Waals surface area contributed by atoms with Crippen molar-refractivity contribution in [1.82, 2.24) is 4.57 Å². The van der Waals surface area contributed by atoms with Gasteiger partial charge in [0.25, 0.3) is 0 Å². The van der Waals surface area contributed by atoms with Crippen molar-refractivity contribution in [3.05, 3.63) is 145 Å². The zero-order chi connectivity index (χ0) is 28.2. The summed E-state index contributed by atoms with van der Waals surface area (Å²) in [7, 11) is 9.87. The van der Waals surface area contributed by atoms with E-state index in [4.69, 9.17) is 17.0 Å². The number of aryl methyl sites for hydroxylation is 1. The van der Waals surface area contributed by atoms with Gasteiger partial charge in [-0.2, -0.15) is 24.3 Å². The van der Waals surface area contributed by atoms with Gasteiger partial charge in [-0.3, -0.25) is 0 Å². The maximum atomic E-state index is 4.93. The molecule has 0 N–H and O–H groups in total. The van der Waals surface area contributed by atoms with Crippen molar-refractivity contribution in [1.29, 1.82) is 0 Å². The van der Waals surface area contributed by atoms with E-state index in [9.17, 15) is 0 Å². The van der Waals surface area contributed by atoms with Gasteiger partial charge in [0.15, 0.2) is 0 Å². The Morgan fingerprint density at radius 1 is 0.707 bits per heavy atom. The first-order valence-corrected chi connectivity index (χ1v) is 20.4. The Morgan fingerprint density at radius 3 is 2.00 bits per heavy atom. The van der Waals surface area contributed by atoms with Gasteiger partial charge in [0.2, 0.25) is 0 Å². The summed E-state index contributed by atoms with van der Waals surface area (Å²) in [5, 5.41) is 3.80. The molecule has 1 aliphatic rings. The topological polar surface area (TPSA) is 8.17 Å². The molecule has 2 heterocycles. The fourth-order valence-corrected chi connectivity index (χ4v) is 6.41. The molecule has 0 spiro atoms. The van der Waals surface area contributed by atoms with Gasteiger partial charge in [-0.05, 0) is 47.9 Å². The number of hydrogen-bond acceptors (Lipinski definition) is 2. The summed E-state index contributed by atoms with van der Waals surface area (Å²) in [4.78, 5) is 5.01. The van der Waals surface area contributed by atoms with E-state index >= 15 is 0 Å². The van der Waals surface area contributed by atoms with E-state index in [0.717, 1.165) is 0 Å². The van der Waals surface area contributed by atoms with Crippen molar-refractivity contribution in [3.63, 3.8) is 0 Å². The molecule has 1 aliphatic heterocycles. The van der Waals surface area contributed by atoms with Crippen LogP contribution >= 0.6 is 28.8 Å². The summed E-state index contributed by atoms with van der Waals surface area (Å²) >= 11 is 1.02. The number of nitrogens with zero attached hydrogens (tertiary/aromatic N) is 2. The molecule has 0 fully saturated rings. The third-order valence-electron chi connectivity index (χ3n) is 7.04. The van der Waals surface area contributed by atoms with Crippen LogP contribution in [0, 0.1) is 6.92 Å². The number of halogens is 2. The average Bonchev–Trinajstić information content (AvgIpc) is 3.78. The molecule has 0 saturated heterocycles. The Kier molecular flexibility index (Phi) is 8.84. The largest absolute Gasteiger partial charge is 0.214 e. The molecular formula is C35H26Cl2N2SZr. The first-order valence-electron chi connectivity index (χ1n) is 13.2. The van der Waals surface area contributed by atoms with Crippen LogP contribution in [0.4, 0.5) is 17.1 Å². The number of rotatable bonds is 2. The average molecular weight is 669 g/mol. The van der Waals surface area contributed by atoms with Gasteiger partial charge >= 0.3 is 37.9 Å². The summed E-state index contributed by atoms with van der Waals surface area (Å²) in [6.45, 7) is 2.18. The quantitative estimate of drug-likeness (QED) is 0.169. The Balaban J connectivity index is 0.000000333. The second-order valence-electron chi connectivity index (χ2n) is 9.65. The summed E-state index contributed by atoms with van der Waals surface area (Å²) in [5.74, 6) is 0. The molecule has 0 saturated carbocycles. The third-order valence-corrected chi connectivity index (χ3v) is 8.17. The molecule has 2 nitrogen and oxygen atoms in total. The SMILES string of the molecule is Cc1cc2c(N3c4ccccc4Sc4ccccc43)cc(-n3ccc4ccccc43)cc2[cH-]1.[Cl][Zr+2][Cl].c1cc[cH-]c1. The number of anilines is 3. The van der Waals surface area contributed by atoms with E-state index in [1.165, 1.54) is 59.8 Å². The van der Waals surface area contributed by atoms with Crippen LogP contribution in [0.1, 0.15) is 5.56 Å². The minimum atomic E-state index is -0.826. The normalized spacial score (nSPS) is 11.5. The van der Waals surface area contributed by atoms with Crippen molar-refractivity contribution >= 4 is 67.5 Å². The number of aromatic nitrogens is 1. The monoisotopic (exact) mass is 666 g/mol. The van der Waals surface area contributed by atoms with Crippen molar-refractivity contribution in [2.45, 2.75) is 16.7 Å². The van der Waals surface area contributed by atoms with E-state index in [1.807, 2.05) is 42.1 Å². The van der Waals surface area contributed by atoms with E-state index < -0.39 is 20.8 Å². The minimum Gasteiger partial charge on any atom is -0.214 e. The van der Waals surface area contributed by atoms with E-state index in [-0.39, 0.29) is 0 Å². The van der Waals surface area contributed by atoms with E-state index in [2.05, 4.69) is 126 Å². The minimum absolute atomic E-state index is 0.826. The summed E-state index contributed by atoms with van der Waals surface area (Å²) < 4.78 is 2.30. The van der Waals surface area contributed by atoms with Crippen LogP contribution in [0.25, 0.3) is 27.4 Å². The van der Waals surface area contributed by atoms with Crippen molar-refractivity contribution in [2.24, 2.45) is 0 Å². The summed E-state index contributed by atoms with van der Waals surface area (Å²) in [6, 6.07) is 47.5. The molecule has 7 aromatic rings. The van der Waals surface area contributed by atoms with Crippen LogP contribution < -0.4 is 4.90 Å². The molecule has 0 atom stereocenters. The second-order valence-corrected chi connectivity index (χ2v) is 14.5.